The summed E-state index contributed by atoms with van der Waals surface area (Å²) >= 11 is 0. The molecule has 2 atom stereocenters. The molecule has 2 aliphatic rings. The van der Waals surface area contributed by atoms with E-state index >= 15 is 0 Å². The Morgan fingerprint density at radius 2 is 1.92 bits per heavy atom. The van der Waals surface area contributed by atoms with Crippen LogP contribution in [0.2, 0.25) is 0 Å². The van der Waals surface area contributed by atoms with Crippen LogP contribution in [0.3, 0.4) is 0 Å². The molecule has 3 aromatic rings. The van der Waals surface area contributed by atoms with Gasteiger partial charge in [0.15, 0.2) is 0 Å². The fourth-order valence-corrected chi connectivity index (χ4v) is 5.28. The zero-order valence-electron chi connectivity index (χ0n) is 21.7. The maximum absolute atomic E-state index is 13.4. The third-order valence-corrected chi connectivity index (χ3v) is 7.43. The number of piperidine rings is 1. The molecule has 1 aromatic heterocycles. The van der Waals surface area contributed by atoms with Crippen LogP contribution in [0.25, 0.3) is 10.8 Å². The molecule has 3 heterocycles. The normalized spacial score (nSPS) is 20.7. The fourth-order valence-electron chi connectivity index (χ4n) is 5.28. The molecule has 196 valence electrons. The molecule has 0 aliphatic carbocycles. The number of carbonyl (C=O) groups excluding carboxylic acids is 1. The van der Waals surface area contributed by atoms with Crippen molar-refractivity contribution in [2.75, 3.05) is 45.8 Å². The number of hydrogen-bond donors (Lipinski definition) is 2. The average Bonchev–Trinajstić information content (AvgIpc) is 2.94. The molecular weight excluding hydrogens is 470 g/mol. The van der Waals surface area contributed by atoms with E-state index < -0.39 is 0 Å². The van der Waals surface area contributed by atoms with Crippen molar-refractivity contribution in [3.63, 3.8) is 0 Å². The van der Waals surface area contributed by atoms with Gasteiger partial charge in [0.2, 0.25) is 0 Å². The van der Waals surface area contributed by atoms with Crippen LogP contribution in [0.1, 0.15) is 35.3 Å². The van der Waals surface area contributed by atoms with E-state index in [9.17, 15) is 4.79 Å². The number of benzene rings is 2. The number of rotatable bonds is 7. The highest BCUT2D eigenvalue weighted by atomic mass is 16.5. The summed E-state index contributed by atoms with van der Waals surface area (Å²) in [6.07, 6.45) is 4.25. The number of carbonyl (C=O) groups is 1. The summed E-state index contributed by atoms with van der Waals surface area (Å²) in [5.74, 6) is 1.33. The van der Waals surface area contributed by atoms with E-state index in [1.165, 1.54) is 6.33 Å². The predicted molar refractivity (Wildman–Crippen MR) is 143 cm³/mol. The average molecular weight is 506 g/mol. The molecule has 0 saturated carbocycles. The van der Waals surface area contributed by atoms with Crippen LogP contribution in [0, 0.1) is 6.92 Å². The van der Waals surface area contributed by atoms with Crippen LogP contribution >= 0.6 is 0 Å². The van der Waals surface area contributed by atoms with Gasteiger partial charge in [0.05, 0.1) is 19.8 Å². The standard InChI is InChI=1S/C28H35N5O4/c1-18-26(28(34)33-11-8-20(9-12-33)31-23-10-13-37-16-25(23)36-3)29-17-30-27(18)32-21-14-19-6-4-5-7-22(19)24(15-21)35-2/h4-7,14-15,17,20,23,25,31H,8-13,16H2,1-3H3,(H,29,30,32)/t23-,25+/m0/s1. The Labute approximate surface area is 217 Å². The third-order valence-electron chi connectivity index (χ3n) is 7.43. The number of methoxy groups -OCH3 is 2. The zero-order chi connectivity index (χ0) is 25.8. The molecule has 0 unspecified atom stereocenters. The smallest absolute Gasteiger partial charge is 0.272 e. The molecule has 9 heteroatoms. The summed E-state index contributed by atoms with van der Waals surface area (Å²) in [7, 11) is 3.40. The van der Waals surface area contributed by atoms with Crippen molar-refractivity contribution in [3.8, 4) is 5.75 Å². The van der Waals surface area contributed by atoms with Gasteiger partial charge in [-0.1, -0.05) is 24.3 Å². The molecular formula is C28H35N5O4. The van der Waals surface area contributed by atoms with Gasteiger partial charge < -0.3 is 29.7 Å². The minimum atomic E-state index is -0.0571. The van der Waals surface area contributed by atoms with Crippen molar-refractivity contribution in [1.29, 1.82) is 0 Å². The fraction of sp³-hybridized carbons (Fsp3) is 0.464. The van der Waals surface area contributed by atoms with Gasteiger partial charge in [-0.05, 0) is 37.6 Å². The zero-order valence-corrected chi connectivity index (χ0v) is 21.7. The molecule has 1 amide bonds. The third kappa shape index (κ3) is 5.53. The molecule has 2 N–H and O–H groups in total. The predicted octanol–water partition coefficient (Wildman–Crippen LogP) is 3.69. The number of hydrogen-bond acceptors (Lipinski definition) is 8. The van der Waals surface area contributed by atoms with Gasteiger partial charge in [0.1, 0.15) is 23.6 Å². The maximum Gasteiger partial charge on any atom is 0.272 e. The summed E-state index contributed by atoms with van der Waals surface area (Å²) < 4.78 is 16.7. The van der Waals surface area contributed by atoms with Crippen molar-refractivity contribution in [1.82, 2.24) is 20.2 Å². The number of amides is 1. The Bertz CT molecular complexity index is 1240. The highest BCUT2D eigenvalue weighted by molar-refractivity contribution is 5.95. The van der Waals surface area contributed by atoms with Crippen molar-refractivity contribution < 1.29 is 19.0 Å². The van der Waals surface area contributed by atoms with Crippen LogP contribution in [0.15, 0.2) is 42.7 Å². The largest absolute Gasteiger partial charge is 0.496 e. The Balaban J connectivity index is 1.25. The van der Waals surface area contributed by atoms with E-state index in [-0.39, 0.29) is 18.1 Å². The lowest BCUT2D eigenvalue weighted by molar-refractivity contribution is -0.0533. The van der Waals surface area contributed by atoms with Gasteiger partial charge >= 0.3 is 0 Å². The number of nitrogens with one attached hydrogen (secondary N) is 2. The van der Waals surface area contributed by atoms with Crippen molar-refractivity contribution in [2.24, 2.45) is 0 Å². The van der Waals surface area contributed by atoms with Crippen LogP contribution in [-0.2, 0) is 9.47 Å². The summed E-state index contributed by atoms with van der Waals surface area (Å²) in [5, 5.41) is 9.20. The molecule has 2 saturated heterocycles. The van der Waals surface area contributed by atoms with Gasteiger partial charge in [-0.3, -0.25) is 4.79 Å². The van der Waals surface area contributed by atoms with Gasteiger partial charge in [-0.15, -0.1) is 0 Å². The topological polar surface area (TPSA) is 97.8 Å². The highest BCUT2D eigenvalue weighted by Crippen LogP contribution is 2.32. The maximum atomic E-state index is 13.4. The highest BCUT2D eigenvalue weighted by Gasteiger charge is 2.31. The first-order valence-electron chi connectivity index (χ1n) is 12.9. The number of anilines is 2. The summed E-state index contributed by atoms with van der Waals surface area (Å²) in [6.45, 7) is 4.64. The molecule has 0 bridgehead atoms. The van der Waals surface area contributed by atoms with E-state index in [1.807, 2.05) is 48.2 Å². The first-order chi connectivity index (χ1) is 18.1. The molecule has 2 aromatic carbocycles. The number of ether oxygens (including phenoxy) is 3. The van der Waals surface area contributed by atoms with Crippen molar-refractivity contribution >= 4 is 28.2 Å². The Hall–Kier alpha value is -3.27. The minimum Gasteiger partial charge on any atom is -0.496 e. The van der Waals surface area contributed by atoms with Gasteiger partial charge in [0.25, 0.3) is 5.91 Å². The second-order valence-electron chi connectivity index (χ2n) is 9.70. The number of fused-ring (bicyclic) bond motifs is 1. The number of likely N-dealkylation sites (tertiary alicyclic amines) is 1. The molecule has 0 spiro atoms. The van der Waals surface area contributed by atoms with Crippen LogP contribution < -0.4 is 15.4 Å². The lowest BCUT2D eigenvalue weighted by Gasteiger charge is -2.38. The summed E-state index contributed by atoms with van der Waals surface area (Å²) in [6, 6.07) is 12.7. The van der Waals surface area contributed by atoms with Gasteiger partial charge in [0, 0.05) is 61.6 Å². The summed E-state index contributed by atoms with van der Waals surface area (Å²) in [5.41, 5.74) is 2.00. The van der Waals surface area contributed by atoms with Crippen molar-refractivity contribution in [3.05, 3.63) is 54.0 Å². The lowest BCUT2D eigenvalue weighted by atomic mass is 9.99. The molecule has 37 heavy (non-hydrogen) atoms. The Morgan fingerprint density at radius 1 is 1.11 bits per heavy atom. The second-order valence-corrected chi connectivity index (χ2v) is 9.70. The lowest BCUT2D eigenvalue weighted by Crippen LogP contribution is -2.54. The van der Waals surface area contributed by atoms with E-state index in [1.54, 1.807) is 14.2 Å². The molecule has 9 nitrogen and oxygen atoms in total. The van der Waals surface area contributed by atoms with Crippen LogP contribution in [0.4, 0.5) is 11.5 Å². The molecule has 5 rings (SSSR count). The quantitative estimate of drug-likeness (QED) is 0.502. The van der Waals surface area contributed by atoms with Crippen molar-refractivity contribution in [2.45, 2.75) is 44.4 Å². The SMILES string of the molecule is COc1cc(Nc2ncnc(C(=O)N3CCC(N[C@H]4CCOC[C@H]4OC)CC3)c2C)cc2ccccc12. The Morgan fingerprint density at radius 3 is 2.70 bits per heavy atom. The van der Waals surface area contributed by atoms with Crippen LogP contribution in [0.5, 0.6) is 5.75 Å². The van der Waals surface area contributed by atoms with Gasteiger partial charge in [-0.2, -0.15) is 0 Å². The molecule has 0 radical (unpaired) electrons. The van der Waals surface area contributed by atoms with Crippen LogP contribution in [-0.4, -0.2) is 79.5 Å². The van der Waals surface area contributed by atoms with E-state index in [0.29, 0.717) is 37.3 Å². The first kappa shape index (κ1) is 25.4. The monoisotopic (exact) mass is 505 g/mol. The minimum absolute atomic E-state index is 0.0571. The van der Waals surface area contributed by atoms with E-state index in [4.69, 9.17) is 14.2 Å². The van der Waals surface area contributed by atoms with Gasteiger partial charge in [-0.25, -0.2) is 9.97 Å². The Kier molecular flexibility index (Phi) is 7.83. The number of aromatic nitrogens is 2. The first-order valence-corrected chi connectivity index (χ1v) is 12.9. The molecule has 2 aliphatic heterocycles. The summed E-state index contributed by atoms with van der Waals surface area (Å²) in [4.78, 5) is 24.1. The second kappa shape index (κ2) is 11.4. The molecule has 2 fully saturated rings. The van der Waals surface area contributed by atoms with E-state index in [0.717, 1.165) is 53.6 Å². The number of nitrogens with zero attached hydrogens (tertiary/aromatic N) is 3. The van der Waals surface area contributed by atoms with E-state index in [2.05, 4.69) is 20.6 Å².